The van der Waals surface area contributed by atoms with Gasteiger partial charge in [-0.15, -0.1) is 0 Å². The maximum Gasteiger partial charge on any atom is 0.0109 e. The fourth-order valence-electron chi connectivity index (χ4n) is 1.61. The summed E-state index contributed by atoms with van der Waals surface area (Å²) in [5, 5.41) is 0. The number of nitrogens with two attached hydrogens (primary N) is 1. The van der Waals surface area contributed by atoms with Gasteiger partial charge in [0.1, 0.15) is 0 Å². The van der Waals surface area contributed by atoms with Gasteiger partial charge in [-0.25, -0.2) is 0 Å². The van der Waals surface area contributed by atoms with Crippen molar-refractivity contribution >= 4 is 0 Å². The quantitative estimate of drug-likeness (QED) is 0.706. The molecule has 1 unspecified atom stereocenters. The van der Waals surface area contributed by atoms with E-state index in [0.29, 0.717) is 0 Å². The van der Waals surface area contributed by atoms with Crippen LogP contribution in [0.3, 0.4) is 0 Å². The number of hydrogen-bond acceptors (Lipinski definition) is 2. The Morgan fingerprint density at radius 3 is 2.38 bits per heavy atom. The largest absolute Gasteiger partial charge is 0.326 e. The van der Waals surface area contributed by atoms with E-state index in [0.717, 1.165) is 24.9 Å². The fourth-order valence-corrected chi connectivity index (χ4v) is 1.61. The molecule has 13 heavy (non-hydrogen) atoms. The normalized spacial score (nSPS) is 20.8. The average Bonchev–Trinajstić information content (AvgIpc) is 2.79. The zero-order chi connectivity index (χ0) is 10.1. The first-order valence-corrected chi connectivity index (χ1v) is 5.39. The molecule has 2 heteroatoms. The minimum Gasteiger partial charge on any atom is -0.326 e. The number of nitrogens with zero attached hydrogens (tertiary/aromatic N) is 1. The van der Waals surface area contributed by atoms with Crippen LogP contribution in [-0.4, -0.2) is 30.1 Å². The van der Waals surface area contributed by atoms with Crippen LogP contribution in [0.15, 0.2) is 0 Å². The van der Waals surface area contributed by atoms with Gasteiger partial charge in [-0.3, -0.25) is 0 Å². The van der Waals surface area contributed by atoms with Gasteiger partial charge >= 0.3 is 0 Å². The predicted molar refractivity (Wildman–Crippen MR) is 57.7 cm³/mol. The summed E-state index contributed by atoms with van der Waals surface area (Å²) in [6, 6.07) is 0.752. The van der Waals surface area contributed by atoms with Crippen molar-refractivity contribution in [2.24, 2.45) is 11.7 Å². The highest BCUT2D eigenvalue weighted by Crippen LogP contribution is 2.34. The second kappa shape index (κ2) is 3.97. The minimum absolute atomic E-state index is 0.0163. The molecule has 78 valence electrons. The maximum atomic E-state index is 5.95. The molecule has 1 rings (SSSR count). The van der Waals surface area contributed by atoms with Crippen molar-refractivity contribution in [1.29, 1.82) is 0 Å². The first kappa shape index (κ1) is 11.0. The lowest BCUT2D eigenvalue weighted by Gasteiger charge is -2.28. The Kier molecular flexibility index (Phi) is 3.36. The Labute approximate surface area is 82.5 Å². The number of hydrogen-bond donors (Lipinski definition) is 1. The first-order valence-electron chi connectivity index (χ1n) is 5.39. The molecule has 0 amide bonds. The van der Waals surface area contributed by atoms with Crippen LogP contribution in [0.1, 0.15) is 40.0 Å². The summed E-state index contributed by atoms with van der Waals surface area (Å²) in [6.07, 6.45) is 3.94. The fraction of sp³-hybridized carbons (Fsp3) is 1.00. The molecule has 0 spiro atoms. The molecule has 1 aliphatic carbocycles. The summed E-state index contributed by atoms with van der Waals surface area (Å²) in [5.74, 6) is 0.964. The Morgan fingerprint density at radius 1 is 1.46 bits per heavy atom. The summed E-state index contributed by atoms with van der Waals surface area (Å²) < 4.78 is 0. The highest BCUT2D eigenvalue weighted by atomic mass is 15.1. The van der Waals surface area contributed by atoms with Crippen molar-refractivity contribution in [3.05, 3.63) is 0 Å². The maximum absolute atomic E-state index is 5.95. The average molecular weight is 184 g/mol. The van der Waals surface area contributed by atoms with Crippen molar-refractivity contribution in [3.8, 4) is 0 Å². The minimum atomic E-state index is -0.0163. The van der Waals surface area contributed by atoms with Crippen LogP contribution in [-0.2, 0) is 0 Å². The van der Waals surface area contributed by atoms with E-state index >= 15 is 0 Å². The van der Waals surface area contributed by atoms with Crippen LogP contribution in [0.2, 0.25) is 0 Å². The molecule has 1 aliphatic rings. The van der Waals surface area contributed by atoms with E-state index < -0.39 is 0 Å². The molecular formula is C11H24N2. The zero-order valence-corrected chi connectivity index (χ0v) is 9.51. The Hall–Kier alpha value is -0.0800. The van der Waals surface area contributed by atoms with Gasteiger partial charge in [0.2, 0.25) is 0 Å². The van der Waals surface area contributed by atoms with Crippen molar-refractivity contribution < 1.29 is 0 Å². The summed E-state index contributed by atoms with van der Waals surface area (Å²) in [6.45, 7) is 7.66. The van der Waals surface area contributed by atoms with Gasteiger partial charge in [0.25, 0.3) is 0 Å². The van der Waals surface area contributed by atoms with Gasteiger partial charge in [-0.05, 0) is 59.5 Å². The van der Waals surface area contributed by atoms with Crippen LogP contribution in [0, 0.1) is 5.92 Å². The van der Waals surface area contributed by atoms with Crippen LogP contribution in [0.4, 0.5) is 0 Å². The van der Waals surface area contributed by atoms with E-state index in [1.807, 2.05) is 0 Å². The summed E-state index contributed by atoms with van der Waals surface area (Å²) in [4.78, 5) is 2.45. The Bertz CT molecular complexity index is 156. The zero-order valence-electron chi connectivity index (χ0n) is 9.51. The van der Waals surface area contributed by atoms with Crippen molar-refractivity contribution in [2.45, 2.75) is 51.6 Å². The van der Waals surface area contributed by atoms with Crippen molar-refractivity contribution in [2.75, 3.05) is 13.6 Å². The van der Waals surface area contributed by atoms with Gasteiger partial charge in [-0.1, -0.05) is 0 Å². The van der Waals surface area contributed by atoms with Crippen LogP contribution >= 0.6 is 0 Å². The molecule has 1 fully saturated rings. The van der Waals surface area contributed by atoms with E-state index in [1.54, 1.807) is 0 Å². The highest BCUT2D eigenvalue weighted by Gasteiger charge is 2.30. The van der Waals surface area contributed by atoms with Crippen LogP contribution < -0.4 is 5.73 Å². The molecule has 1 saturated carbocycles. The van der Waals surface area contributed by atoms with Gasteiger partial charge in [0.05, 0.1) is 0 Å². The molecule has 0 aromatic rings. The smallest absolute Gasteiger partial charge is 0.0109 e. The van der Waals surface area contributed by atoms with Crippen LogP contribution in [0.5, 0.6) is 0 Å². The van der Waals surface area contributed by atoms with Gasteiger partial charge < -0.3 is 10.6 Å². The Balaban J connectivity index is 2.20. The third-order valence-electron chi connectivity index (χ3n) is 3.11. The predicted octanol–water partition coefficient (Wildman–Crippen LogP) is 1.84. The monoisotopic (exact) mass is 184 g/mol. The van der Waals surface area contributed by atoms with Crippen LogP contribution in [0.25, 0.3) is 0 Å². The molecule has 0 aliphatic heterocycles. The highest BCUT2D eigenvalue weighted by molar-refractivity contribution is 4.85. The lowest BCUT2D eigenvalue weighted by molar-refractivity contribution is 0.216. The molecule has 1 atom stereocenters. The molecule has 0 saturated heterocycles. The second-order valence-corrected chi connectivity index (χ2v) is 5.30. The number of rotatable bonds is 5. The third-order valence-corrected chi connectivity index (χ3v) is 3.11. The van der Waals surface area contributed by atoms with E-state index in [2.05, 4.69) is 32.7 Å². The molecule has 0 radical (unpaired) electrons. The molecule has 0 bridgehead atoms. The summed E-state index contributed by atoms with van der Waals surface area (Å²) in [7, 11) is 2.22. The standard InChI is InChI=1S/C11H24N2/c1-9(10-5-6-10)13(4)8-7-11(2,3)12/h9-10H,5-8,12H2,1-4H3. The molecule has 0 heterocycles. The lowest BCUT2D eigenvalue weighted by atomic mass is 10.0. The molecule has 0 aromatic heterocycles. The third kappa shape index (κ3) is 4.10. The molecule has 2 nitrogen and oxygen atoms in total. The molecule has 2 N–H and O–H groups in total. The summed E-state index contributed by atoms with van der Waals surface area (Å²) in [5.41, 5.74) is 5.93. The topological polar surface area (TPSA) is 29.3 Å². The van der Waals surface area contributed by atoms with Gasteiger partial charge in [-0.2, -0.15) is 0 Å². The molecular weight excluding hydrogens is 160 g/mol. The lowest BCUT2D eigenvalue weighted by Crippen LogP contribution is -2.39. The molecule has 0 aromatic carbocycles. The second-order valence-electron chi connectivity index (χ2n) is 5.30. The van der Waals surface area contributed by atoms with E-state index in [4.69, 9.17) is 5.73 Å². The SMILES string of the molecule is CC(C1CC1)N(C)CCC(C)(C)N. The van der Waals surface area contributed by atoms with Crippen molar-refractivity contribution in [3.63, 3.8) is 0 Å². The Morgan fingerprint density at radius 2 is 2.00 bits per heavy atom. The van der Waals surface area contributed by atoms with E-state index in [-0.39, 0.29) is 5.54 Å². The van der Waals surface area contributed by atoms with Crippen molar-refractivity contribution in [1.82, 2.24) is 4.90 Å². The van der Waals surface area contributed by atoms with Gasteiger partial charge in [0, 0.05) is 11.6 Å². The van der Waals surface area contributed by atoms with Gasteiger partial charge in [0.15, 0.2) is 0 Å². The van der Waals surface area contributed by atoms with E-state index in [1.165, 1.54) is 12.8 Å². The van der Waals surface area contributed by atoms with E-state index in [9.17, 15) is 0 Å². The first-order chi connectivity index (χ1) is 5.90. The summed E-state index contributed by atoms with van der Waals surface area (Å²) >= 11 is 0.